The fourth-order valence-electron chi connectivity index (χ4n) is 2.81. The molecule has 1 unspecified atom stereocenters. The Labute approximate surface area is 117 Å². The van der Waals surface area contributed by atoms with Crippen molar-refractivity contribution in [2.24, 2.45) is 0 Å². The van der Waals surface area contributed by atoms with Crippen molar-refractivity contribution in [3.05, 3.63) is 29.8 Å². The van der Waals surface area contributed by atoms with Crippen molar-refractivity contribution in [2.45, 2.75) is 32.4 Å². The molecule has 0 aliphatic carbocycles. The number of imidazole rings is 1. The molecule has 1 aliphatic heterocycles. The van der Waals surface area contributed by atoms with Crippen LogP contribution in [0.3, 0.4) is 0 Å². The first-order valence-electron chi connectivity index (χ1n) is 7.14. The Morgan fingerprint density at radius 1 is 1.50 bits per heavy atom. The molecule has 0 saturated carbocycles. The Hall–Kier alpha value is -1.46. The number of nitrogens with one attached hydrogen (secondary N) is 1. The second kappa shape index (κ2) is 5.50. The maximum Gasteiger partial charge on any atom is 0.151 e. The summed E-state index contributed by atoms with van der Waals surface area (Å²) in [6, 6.07) is 5.37. The average molecular weight is 277 g/mol. The molecule has 0 bridgehead atoms. The smallest absolute Gasteiger partial charge is 0.151 e. The van der Waals surface area contributed by atoms with Crippen LogP contribution < -0.4 is 5.32 Å². The minimum atomic E-state index is -0.258. The third kappa shape index (κ3) is 2.43. The lowest BCUT2D eigenvalue weighted by Crippen LogP contribution is -2.40. The van der Waals surface area contributed by atoms with Crippen LogP contribution in [0.2, 0.25) is 0 Å². The first kappa shape index (κ1) is 13.5. The summed E-state index contributed by atoms with van der Waals surface area (Å²) in [6.07, 6.45) is 0.820. The molecule has 0 spiro atoms. The molecule has 1 fully saturated rings. The van der Waals surface area contributed by atoms with E-state index in [1.807, 2.05) is 6.07 Å². The number of nitrogens with zero attached hydrogens (tertiary/aromatic N) is 2. The van der Waals surface area contributed by atoms with E-state index in [-0.39, 0.29) is 18.0 Å². The number of aromatic nitrogens is 2. The quantitative estimate of drug-likeness (QED) is 0.935. The lowest BCUT2D eigenvalue weighted by molar-refractivity contribution is 0.0275. The molecule has 0 amide bonds. The van der Waals surface area contributed by atoms with Gasteiger partial charge in [-0.3, -0.25) is 0 Å². The highest BCUT2D eigenvalue weighted by molar-refractivity contribution is 5.76. The number of benzene rings is 1. The minimum Gasteiger partial charge on any atom is -0.375 e. The van der Waals surface area contributed by atoms with Crippen LogP contribution in [0.1, 0.15) is 25.7 Å². The number of halogens is 1. The van der Waals surface area contributed by atoms with Gasteiger partial charge in [-0.1, -0.05) is 6.07 Å². The number of hydrogen-bond donors (Lipinski definition) is 1. The van der Waals surface area contributed by atoms with Crippen molar-refractivity contribution >= 4 is 11.0 Å². The first-order valence-corrected chi connectivity index (χ1v) is 7.14. The largest absolute Gasteiger partial charge is 0.375 e. The first-order chi connectivity index (χ1) is 9.66. The second-order valence-corrected chi connectivity index (χ2v) is 5.50. The van der Waals surface area contributed by atoms with Crippen LogP contribution in [0, 0.1) is 5.82 Å². The van der Waals surface area contributed by atoms with Crippen molar-refractivity contribution in [3.63, 3.8) is 0 Å². The van der Waals surface area contributed by atoms with Gasteiger partial charge in [0.2, 0.25) is 0 Å². The van der Waals surface area contributed by atoms with Crippen molar-refractivity contribution in [2.75, 3.05) is 19.7 Å². The number of ether oxygens (including phenoxy) is 1. The maximum absolute atomic E-state index is 13.9. The standard InChI is InChI=1S/C15H20FN3O/c1-10(2)19-13-5-3-4-12(16)15(13)18-14(19)8-11-9-17-6-7-20-11/h3-5,10-11,17H,6-9H2,1-2H3. The number of hydrogen-bond acceptors (Lipinski definition) is 3. The van der Waals surface area contributed by atoms with E-state index in [1.165, 1.54) is 6.07 Å². The highest BCUT2D eigenvalue weighted by atomic mass is 19.1. The van der Waals surface area contributed by atoms with Crippen molar-refractivity contribution in [1.82, 2.24) is 14.9 Å². The van der Waals surface area contributed by atoms with Crippen LogP contribution in [0.25, 0.3) is 11.0 Å². The summed E-state index contributed by atoms with van der Waals surface area (Å²) in [4.78, 5) is 4.51. The number of rotatable bonds is 3. The molecule has 3 rings (SSSR count). The monoisotopic (exact) mass is 277 g/mol. The molecule has 2 heterocycles. The maximum atomic E-state index is 13.9. The van der Waals surface area contributed by atoms with Gasteiger partial charge in [0.15, 0.2) is 5.82 Å². The summed E-state index contributed by atoms with van der Waals surface area (Å²) in [7, 11) is 0. The topological polar surface area (TPSA) is 39.1 Å². The van der Waals surface area contributed by atoms with Crippen LogP contribution in [0.15, 0.2) is 18.2 Å². The van der Waals surface area contributed by atoms with Gasteiger partial charge in [-0.25, -0.2) is 9.37 Å². The van der Waals surface area contributed by atoms with Crippen LogP contribution in [-0.4, -0.2) is 35.4 Å². The van der Waals surface area contributed by atoms with Crippen molar-refractivity contribution in [3.8, 4) is 0 Å². The lowest BCUT2D eigenvalue weighted by Gasteiger charge is -2.24. The van der Waals surface area contributed by atoms with Crippen molar-refractivity contribution in [1.29, 1.82) is 0 Å². The Bertz CT molecular complexity index is 602. The van der Waals surface area contributed by atoms with E-state index in [0.29, 0.717) is 11.9 Å². The molecular formula is C15H20FN3O. The van der Waals surface area contributed by atoms with Gasteiger partial charge in [-0.15, -0.1) is 0 Å². The van der Waals surface area contributed by atoms with Gasteiger partial charge in [-0.2, -0.15) is 0 Å². The summed E-state index contributed by atoms with van der Waals surface area (Å²) in [5.41, 5.74) is 1.32. The van der Waals surface area contributed by atoms with Crippen LogP contribution in [0.5, 0.6) is 0 Å². The molecule has 4 nitrogen and oxygen atoms in total. The van der Waals surface area contributed by atoms with Gasteiger partial charge in [0.1, 0.15) is 11.3 Å². The van der Waals surface area contributed by atoms with E-state index < -0.39 is 0 Å². The highest BCUT2D eigenvalue weighted by Crippen LogP contribution is 2.24. The molecule has 108 valence electrons. The molecule has 1 saturated heterocycles. The zero-order valence-electron chi connectivity index (χ0n) is 11.9. The highest BCUT2D eigenvalue weighted by Gasteiger charge is 2.21. The summed E-state index contributed by atoms with van der Waals surface area (Å²) >= 11 is 0. The Morgan fingerprint density at radius 3 is 3.05 bits per heavy atom. The zero-order valence-corrected chi connectivity index (χ0v) is 11.9. The molecule has 2 aromatic rings. The normalized spacial score (nSPS) is 19.9. The SMILES string of the molecule is CC(C)n1c(CC2CNCCO2)nc2c(F)cccc21. The van der Waals surface area contributed by atoms with E-state index in [2.05, 4.69) is 28.7 Å². The summed E-state index contributed by atoms with van der Waals surface area (Å²) in [5.74, 6) is 0.639. The molecular weight excluding hydrogens is 257 g/mol. The molecule has 1 atom stereocenters. The Morgan fingerprint density at radius 2 is 2.35 bits per heavy atom. The molecule has 1 aromatic heterocycles. The molecule has 1 aromatic carbocycles. The summed E-state index contributed by atoms with van der Waals surface area (Å²) in [5, 5.41) is 3.31. The van der Waals surface area contributed by atoms with Gasteiger partial charge in [-0.05, 0) is 26.0 Å². The average Bonchev–Trinajstić information content (AvgIpc) is 2.79. The number of fused-ring (bicyclic) bond motifs is 1. The molecule has 1 aliphatic rings. The van der Waals surface area contributed by atoms with E-state index in [1.54, 1.807) is 6.07 Å². The third-order valence-corrected chi connectivity index (χ3v) is 3.68. The van der Waals surface area contributed by atoms with E-state index in [9.17, 15) is 4.39 Å². The fraction of sp³-hybridized carbons (Fsp3) is 0.533. The van der Waals surface area contributed by atoms with E-state index >= 15 is 0 Å². The number of morpholine rings is 1. The van der Waals surface area contributed by atoms with Gasteiger partial charge in [0.05, 0.1) is 18.2 Å². The predicted molar refractivity (Wildman–Crippen MR) is 76.4 cm³/mol. The lowest BCUT2D eigenvalue weighted by atomic mass is 10.2. The van der Waals surface area contributed by atoms with Crippen LogP contribution in [0.4, 0.5) is 4.39 Å². The van der Waals surface area contributed by atoms with Gasteiger partial charge in [0, 0.05) is 25.6 Å². The summed E-state index contributed by atoms with van der Waals surface area (Å²) < 4.78 is 21.7. The number of para-hydroxylation sites is 1. The Kier molecular flexibility index (Phi) is 3.72. The van der Waals surface area contributed by atoms with E-state index in [4.69, 9.17) is 4.74 Å². The molecule has 1 N–H and O–H groups in total. The van der Waals surface area contributed by atoms with Gasteiger partial charge < -0.3 is 14.6 Å². The molecule has 0 radical (unpaired) electrons. The summed E-state index contributed by atoms with van der Waals surface area (Å²) in [6.45, 7) is 6.63. The fourth-order valence-corrected chi connectivity index (χ4v) is 2.81. The Balaban J connectivity index is 2.00. The van der Waals surface area contributed by atoms with Crippen molar-refractivity contribution < 1.29 is 9.13 Å². The van der Waals surface area contributed by atoms with Crippen LogP contribution >= 0.6 is 0 Å². The molecule has 20 heavy (non-hydrogen) atoms. The molecule has 5 heteroatoms. The second-order valence-electron chi connectivity index (χ2n) is 5.50. The third-order valence-electron chi connectivity index (χ3n) is 3.68. The predicted octanol–water partition coefficient (Wildman–Crippen LogP) is 2.29. The van der Waals surface area contributed by atoms with Gasteiger partial charge in [0.25, 0.3) is 0 Å². The van der Waals surface area contributed by atoms with Crippen LogP contribution in [-0.2, 0) is 11.2 Å². The minimum absolute atomic E-state index is 0.112. The zero-order chi connectivity index (χ0) is 14.1. The van der Waals surface area contributed by atoms with E-state index in [0.717, 1.165) is 31.0 Å². The van der Waals surface area contributed by atoms with Gasteiger partial charge >= 0.3 is 0 Å².